The number of halogens is 1. The number of aryl methyl sites for hydroxylation is 3. The van der Waals surface area contributed by atoms with E-state index in [1.807, 2.05) is 20.8 Å². The third kappa shape index (κ3) is 3.21. The van der Waals surface area contributed by atoms with Gasteiger partial charge in [0, 0.05) is 6.42 Å². The second-order valence-corrected chi connectivity index (χ2v) is 5.15. The summed E-state index contributed by atoms with van der Waals surface area (Å²) in [7, 11) is 0. The van der Waals surface area contributed by atoms with Crippen LogP contribution in [0.15, 0.2) is 36.4 Å². The molecule has 1 N–H and O–H groups in total. The summed E-state index contributed by atoms with van der Waals surface area (Å²) in [5.41, 5.74) is 5.01. The lowest BCUT2D eigenvalue weighted by atomic mass is 9.94. The molecule has 2 rings (SSSR count). The molecule has 1 unspecified atom stereocenters. The number of aliphatic hydroxyl groups is 1. The van der Waals surface area contributed by atoms with Gasteiger partial charge in [-0.05, 0) is 55.2 Å². The van der Waals surface area contributed by atoms with Gasteiger partial charge in [0.25, 0.3) is 0 Å². The Labute approximate surface area is 113 Å². The Balaban J connectivity index is 2.27. The van der Waals surface area contributed by atoms with E-state index in [9.17, 15) is 9.50 Å². The summed E-state index contributed by atoms with van der Waals surface area (Å²) in [5.74, 6) is -0.305. The van der Waals surface area contributed by atoms with Crippen LogP contribution in [0.5, 0.6) is 0 Å². The third-order valence-corrected chi connectivity index (χ3v) is 3.52. The Kier molecular flexibility index (Phi) is 4.01. The molecule has 2 aromatic carbocycles. The number of hydrogen-bond donors (Lipinski definition) is 1. The van der Waals surface area contributed by atoms with Gasteiger partial charge in [-0.1, -0.05) is 29.8 Å². The highest BCUT2D eigenvalue weighted by molar-refractivity contribution is 5.34. The molecule has 0 spiro atoms. The zero-order valence-corrected chi connectivity index (χ0v) is 11.6. The summed E-state index contributed by atoms with van der Waals surface area (Å²) >= 11 is 0. The van der Waals surface area contributed by atoms with E-state index in [4.69, 9.17) is 0 Å². The maximum Gasteiger partial charge on any atom is 0.123 e. The first-order chi connectivity index (χ1) is 8.97. The molecule has 0 heterocycles. The molecular weight excluding hydrogens is 239 g/mol. The molecule has 0 saturated carbocycles. The smallest absolute Gasteiger partial charge is 0.123 e. The molecule has 0 fully saturated rings. The van der Waals surface area contributed by atoms with E-state index in [-0.39, 0.29) is 5.82 Å². The summed E-state index contributed by atoms with van der Waals surface area (Å²) in [5, 5.41) is 10.3. The molecule has 0 saturated heterocycles. The molecule has 0 aliphatic carbocycles. The first-order valence-electron chi connectivity index (χ1n) is 6.47. The van der Waals surface area contributed by atoms with Crippen LogP contribution in [0.25, 0.3) is 0 Å². The molecule has 19 heavy (non-hydrogen) atoms. The maximum atomic E-state index is 13.3. The summed E-state index contributed by atoms with van der Waals surface area (Å²) in [6.45, 7) is 5.95. The van der Waals surface area contributed by atoms with E-state index in [1.165, 1.54) is 17.7 Å². The second kappa shape index (κ2) is 5.54. The Hall–Kier alpha value is -1.67. The van der Waals surface area contributed by atoms with Gasteiger partial charge in [-0.2, -0.15) is 0 Å². The zero-order chi connectivity index (χ0) is 14.0. The van der Waals surface area contributed by atoms with Gasteiger partial charge in [0.2, 0.25) is 0 Å². The Bertz CT molecular complexity index is 590. The van der Waals surface area contributed by atoms with Crippen molar-refractivity contribution in [2.24, 2.45) is 0 Å². The SMILES string of the molecule is Cc1ccc(C)c(CC(O)c2cc(F)ccc2C)c1. The van der Waals surface area contributed by atoms with Crippen molar-refractivity contribution >= 4 is 0 Å². The van der Waals surface area contributed by atoms with Gasteiger partial charge in [-0.3, -0.25) is 0 Å². The molecule has 2 heteroatoms. The van der Waals surface area contributed by atoms with E-state index in [1.54, 1.807) is 6.07 Å². The van der Waals surface area contributed by atoms with E-state index in [0.29, 0.717) is 12.0 Å². The Morgan fingerprint density at radius 2 is 1.68 bits per heavy atom. The lowest BCUT2D eigenvalue weighted by Crippen LogP contribution is -2.06. The van der Waals surface area contributed by atoms with Crippen LogP contribution in [-0.2, 0) is 6.42 Å². The normalized spacial score (nSPS) is 12.5. The van der Waals surface area contributed by atoms with Crippen LogP contribution >= 0.6 is 0 Å². The molecule has 1 atom stereocenters. The average molecular weight is 258 g/mol. The molecule has 0 aliphatic heterocycles. The van der Waals surface area contributed by atoms with Crippen molar-refractivity contribution in [1.29, 1.82) is 0 Å². The van der Waals surface area contributed by atoms with E-state index >= 15 is 0 Å². The van der Waals surface area contributed by atoms with E-state index in [2.05, 4.69) is 18.2 Å². The van der Waals surface area contributed by atoms with Crippen molar-refractivity contribution in [2.45, 2.75) is 33.3 Å². The van der Waals surface area contributed by atoms with Crippen LogP contribution in [0.4, 0.5) is 4.39 Å². The van der Waals surface area contributed by atoms with Gasteiger partial charge in [0.1, 0.15) is 5.82 Å². The minimum absolute atomic E-state index is 0.305. The summed E-state index contributed by atoms with van der Waals surface area (Å²) in [6.07, 6.45) is -0.158. The van der Waals surface area contributed by atoms with Crippen molar-refractivity contribution in [3.63, 3.8) is 0 Å². The van der Waals surface area contributed by atoms with Gasteiger partial charge in [0.15, 0.2) is 0 Å². The lowest BCUT2D eigenvalue weighted by molar-refractivity contribution is 0.177. The van der Waals surface area contributed by atoms with Crippen molar-refractivity contribution in [3.8, 4) is 0 Å². The van der Waals surface area contributed by atoms with Crippen LogP contribution in [0.3, 0.4) is 0 Å². The fraction of sp³-hybridized carbons (Fsp3) is 0.294. The largest absolute Gasteiger partial charge is 0.388 e. The number of hydrogen-bond acceptors (Lipinski definition) is 1. The third-order valence-electron chi connectivity index (χ3n) is 3.52. The van der Waals surface area contributed by atoms with Crippen LogP contribution in [0.1, 0.15) is 33.9 Å². The predicted molar refractivity (Wildman–Crippen MR) is 75.7 cm³/mol. The van der Waals surface area contributed by atoms with E-state index < -0.39 is 6.10 Å². The van der Waals surface area contributed by atoms with Gasteiger partial charge in [0.05, 0.1) is 6.10 Å². The fourth-order valence-electron chi connectivity index (χ4n) is 2.31. The average Bonchev–Trinajstić information content (AvgIpc) is 2.36. The van der Waals surface area contributed by atoms with Crippen LogP contribution in [0, 0.1) is 26.6 Å². The van der Waals surface area contributed by atoms with Gasteiger partial charge in [-0.25, -0.2) is 4.39 Å². The molecule has 2 aromatic rings. The zero-order valence-electron chi connectivity index (χ0n) is 11.6. The molecule has 0 bridgehead atoms. The molecule has 100 valence electrons. The molecule has 0 radical (unpaired) electrons. The van der Waals surface area contributed by atoms with Crippen molar-refractivity contribution in [2.75, 3.05) is 0 Å². The van der Waals surface area contributed by atoms with Crippen molar-refractivity contribution < 1.29 is 9.50 Å². The highest BCUT2D eigenvalue weighted by Crippen LogP contribution is 2.24. The molecule has 0 amide bonds. The second-order valence-electron chi connectivity index (χ2n) is 5.15. The quantitative estimate of drug-likeness (QED) is 0.881. The van der Waals surface area contributed by atoms with E-state index in [0.717, 1.165) is 16.7 Å². The van der Waals surface area contributed by atoms with Gasteiger partial charge >= 0.3 is 0 Å². The maximum absolute atomic E-state index is 13.3. The Morgan fingerprint density at radius 3 is 2.42 bits per heavy atom. The molecular formula is C17H19FO. The minimum atomic E-state index is -0.670. The molecule has 0 aromatic heterocycles. The predicted octanol–water partition coefficient (Wildman–Crippen LogP) is 4.03. The lowest BCUT2D eigenvalue weighted by Gasteiger charge is -2.16. The monoisotopic (exact) mass is 258 g/mol. The van der Waals surface area contributed by atoms with Gasteiger partial charge in [-0.15, -0.1) is 0 Å². The summed E-state index contributed by atoms with van der Waals surface area (Å²) in [6, 6.07) is 10.7. The van der Waals surface area contributed by atoms with Crippen LogP contribution in [0.2, 0.25) is 0 Å². The first-order valence-corrected chi connectivity index (χ1v) is 6.47. The highest BCUT2D eigenvalue weighted by atomic mass is 19.1. The minimum Gasteiger partial charge on any atom is -0.388 e. The Morgan fingerprint density at radius 1 is 1.00 bits per heavy atom. The standard InChI is InChI=1S/C17H19FO/c1-11-4-5-12(2)14(8-11)9-17(19)16-10-15(18)7-6-13(16)3/h4-8,10,17,19H,9H2,1-3H3. The fourth-order valence-corrected chi connectivity index (χ4v) is 2.31. The van der Waals surface area contributed by atoms with Crippen molar-refractivity contribution in [3.05, 3.63) is 70.0 Å². The molecule has 1 nitrogen and oxygen atoms in total. The van der Waals surface area contributed by atoms with Crippen LogP contribution < -0.4 is 0 Å². The number of benzene rings is 2. The summed E-state index contributed by atoms with van der Waals surface area (Å²) < 4.78 is 13.3. The van der Waals surface area contributed by atoms with Crippen molar-refractivity contribution in [1.82, 2.24) is 0 Å². The van der Waals surface area contributed by atoms with Crippen LogP contribution in [-0.4, -0.2) is 5.11 Å². The first kappa shape index (κ1) is 13.8. The summed E-state index contributed by atoms with van der Waals surface area (Å²) in [4.78, 5) is 0. The number of rotatable bonds is 3. The highest BCUT2D eigenvalue weighted by Gasteiger charge is 2.13. The van der Waals surface area contributed by atoms with Gasteiger partial charge < -0.3 is 5.11 Å². The topological polar surface area (TPSA) is 20.2 Å². The number of aliphatic hydroxyl groups excluding tert-OH is 1. The molecule has 0 aliphatic rings.